The van der Waals surface area contributed by atoms with Crippen molar-refractivity contribution in [3.63, 3.8) is 0 Å². The van der Waals surface area contributed by atoms with Crippen molar-refractivity contribution in [2.24, 2.45) is 5.73 Å². The number of phenols is 1. The van der Waals surface area contributed by atoms with E-state index in [1.807, 2.05) is 0 Å². The van der Waals surface area contributed by atoms with E-state index in [1.165, 1.54) is 30.9 Å². The number of benzene rings is 2. The summed E-state index contributed by atoms with van der Waals surface area (Å²) < 4.78 is 4.95. The zero-order valence-electron chi connectivity index (χ0n) is 23.2. The second-order valence-electron chi connectivity index (χ2n) is 9.20. The van der Waals surface area contributed by atoms with Gasteiger partial charge in [-0.3, -0.25) is 24.1 Å². The maximum Gasteiger partial charge on any atom is 0.329 e. The molecule has 0 heterocycles. The minimum absolute atomic E-state index is 0.00512. The summed E-state index contributed by atoms with van der Waals surface area (Å²) in [5.74, 6) is -2.99. The van der Waals surface area contributed by atoms with E-state index in [9.17, 15) is 29.1 Å². The highest BCUT2D eigenvalue weighted by molar-refractivity contribution is 7.80. The van der Waals surface area contributed by atoms with E-state index in [1.54, 1.807) is 49.4 Å². The Kier molecular flexibility index (Phi) is 13.1. The van der Waals surface area contributed by atoms with Crippen molar-refractivity contribution >= 4 is 47.9 Å². The summed E-state index contributed by atoms with van der Waals surface area (Å²) in [5, 5.41) is 16.9. The summed E-state index contributed by atoms with van der Waals surface area (Å²) in [4.78, 5) is 64.8. The number of phenolic OH excluding ortho intramolecular Hbond substituents is 1. The van der Waals surface area contributed by atoms with E-state index >= 15 is 0 Å². The van der Waals surface area contributed by atoms with Crippen molar-refractivity contribution in [1.82, 2.24) is 16.0 Å². The number of hydrogen-bond donors (Lipinski definition) is 6. The third-order valence-electron chi connectivity index (χ3n) is 6.03. The molecule has 4 unspecified atom stereocenters. The molecule has 2 aromatic carbocycles. The molecule has 2 rings (SSSR count). The molecule has 0 aliphatic carbocycles. The van der Waals surface area contributed by atoms with E-state index < -0.39 is 60.3 Å². The number of amides is 4. The molecule has 4 amide bonds. The van der Waals surface area contributed by atoms with Gasteiger partial charge in [-0.1, -0.05) is 30.3 Å². The van der Waals surface area contributed by atoms with E-state index in [0.717, 1.165) is 5.56 Å². The van der Waals surface area contributed by atoms with Gasteiger partial charge in [-0.05, 0) is 57.0 Å². The molecule has 12 nitrogen and oxygen atoms in total. The summed E-state index contributed by atoms with van der Waals surface area (Å²) in [6.07, 6.45) is 0.190. The Balaban J connectivity index is 2.02. The van der Waals surface area contributed by atoms with Gasteiger partial charge in [0.25, 0.3) is 0 Å². The van der Waals surface area contributed by atoms with Crippen LogP contribution in [0.15, 0.2) is 54.6 Å². The number of carbonyl (C=O) groups excluding carboxylic acids is 5. The number of esters is 1. The van der Waals surface area contributed by atoms with Crippen LogP contribution in [0.5, 0.6) is 5.75 Å². The molecule has 13 heteroatoms. The molecule has 0 spiro atoms. The molecule has 4 atom stereocenters. The quantitative estimate of drug-likeness (QED) is 0.135. The summed E-state index contributed by atoms with van der Waals surface area (Å²) in [5.41, 5.74) is 7.09. The monoisotopic (exact) mass is 587 g/mol. The van der Waals surface area contributed by atoms with Crippen LogP contribution in [0.1, 0.15) is 26.3 Å². The highest BCUT2D eigenvalue weighted by atomic mass is 32.1. The molecule has 2 aromatic rings. The van der Waals surface area contributed by atoms with Crippen LogP contribution in [0.4, 0.5) is 5.69 Å². The number of nitrogens with two attached hydrogens (primary N) is 1. The number of nitrogens with zero attached hydrogens (tertiary/aromatic N) is 1. The Labute approximate surface area is 244 Å². The molecule has 0 radical (unpaired) electrons. The first-order chi connectivity index (χ1) is 19.5. The van der Waals surface area contributed by atoms with Gasteiger partial charge in [0.1, 0.15) is 23.9 Å². The number of para-hydroxylation sites is 1. The van der Waals surface area contributed by atoms with Crippen LogP contribution in [0, 0.1) is 0 Å². The molecule has 6 N–H and O–H groups in total. The van der Waals surface area contributed by atoms with Gasteiger partial charge >= 0.3 is 5.97 Å². The summed E-state index contributed by atoms with van der Waals surface area (Å²) >= 11 is 4.10. The van der Waals surface area contributed by atoms with Crippen LogP contribution in [0.25, 0.3) is 0 Å². The number of anilines is 1. The molecule has 0 aliphatic rings. The van der Waals surface area contributed by atoms with Crippen molar-refractivity contribution in [2.45, 2.75) is 51.4 Å². The van der Waals surface area contributed by atoms with Crippen LogP contribution in [-0.4, -0.2) is 77.8 Å². The number of nitrogens with one attached hydrogen (secondary N) is 3. The average Bonchev–Trinajstić information content (AvgIpc) is 2.96. The molecule has 0 saturated heterocycles. The Hall–Kier alpha value is -4.10. The number of aromatic hydroxyl groups is 1. The molecule has 0 saturated carbocycles. The second kappa shape index (κ2) is 16.2. The van der Waals surface area contributed by atoms with Gasteiger partial charge in [0.15, 0.2) is 0 Å². The van der Waals surface area contributed by atoms with Gasteiger partial charge in [-0.2, -0.15) is 12.6 Å². The molecule has 222 valence electrons. The normalized spacial score (nSPS) is 13.6. The lowest BCUT2D eigenvalue weighted by molar-refractivity contribution is -0.146. The largest absolute Gasteiger partial charge is 0.508 e. The fourth-order valence-corrected chi connectivity index (χ4v) is 4.01. The molecule has 0 bridgehead atoms. The van der Waals surface area contributed by atoms with Crippen LogP contribution in [-0.2, 0) is 35.1 Å². The molecule has 0 aromatic heterocycles. The predicted octanol–water partition coefficient (Wildman–Crippen LogP) is 0.282. The van der Waals surface area contributed by atoms with Crippen molar-refractivity contribution in [3.8, 4) is 5.75 Å². The van der Waals surface area contributed by atoms with Gasteiger partial charge in [-0.15, -0.1) is 0 Å². The highest BCUT2D eigenvalue weighted by Gasteiger charge is 2.31. The minimum atomic E-state index is -1.06. The summed E-state index contributed by atoms with van der Waals surface area (Å²) in [7, 11) is 0. The van der Waals surface area contributed by atoms with Gasteiger partial charge in [0.05, 0.1) is 19.2 Å². The summed E-state index contributed by atoms with van der Waals surface area (Å²) in [6, 6.07) is 10.6. The molecular formula is C28H37N5O7S. The lowest BCUT2D eigenvalue weighted by atomic mass is 10.1. The fraction of sp³-hybridized carbons (Fsp3) is 0.393. The fourth-order valence-electron chi connectivity index (χ4n) is 3.77. The summed E-state index contributed by atoms with van der Waals surface area (Å²) in [6.45, 7) is 4.23. The van der Waals surface area contributed by atoms with E-state index in [-0.39, 0.29) is 24.5 Å². The minimum Gasteiger partial charge on any atom is -0.508 e. The van der Waals surface area contributed by atoms with Crippen molar-refractivity contribution < 1.29 is 33.8 Å². The number of rotatable bonds is 14. The second-order valence-corrected chi connectivity index (χ2v) is 9.56. The first kappa shape index (κ1) is 33.1. The van der Waals surface area contributed by atoms with Crippen LogP contribution in [0.2, 0.25) is 0 Å². The molecular weight excluding hydrogens is 550 g/mol. The van der Waals surface area contributed by atoms with Gasteiger partial charge in [-0.25, -0.2) is 4.79 Å². The zero-order valence-corrected chi connectivity index (χ0v) is 24.1. The third-order valence-corrected chi connectivity index (χ3v) is 6.40. The predicted molar refractivity (Wildman–Crippen MR) is 156 cm³/mol. The number of carbonyl (C=O) groups is 5. The highest BCUT2D eigenvalue weighted by Crippen LogP contribution is 2.17. The Morgan fingerprint density at radius 3 is 2.17 bits per heavy atom. The number of thiol groups is 1. The van der Waals surface area contributed by atoms with E-state index in [0.29, 0.717) is 5.69 Å². The van der Waals surface area contributed by atoms with Crippen molar-refractivity contribution in [2.75, 3.05) is 23.8 Å². The first-order valence-corrected chi connectivity index (χ1v) is 13.7. The van der Waals surface area contributed by atoms with Crippen molar-refractivity contribution in [3.05, 3.63) is 60.2 Å². The lowest BCUT2D eigenvalue weighted by Gasteiger charge is -2.30. The Morgan fingerprint density at radius 2 is 1.59 bits per heavy atom. The van der Waals surface area contributed by atoms with Crippen molar-refractivity contribution in [1.29, 1.82) is 0 Å². The molecule has 0 aliphatic heterocycles. The topological polar surface area (TPSA) is 180 Å². The maximum absolute atomic E-state index is 13.3. The number of ether oxygens (including phenoxy) is 1. The number of hydrogen-bond acceptors (Lipinski definition) is 9. The molecule has 41 heavy (non-hydrogen) atoms. The first-order valence-electron chi connectivity index (χ1n) is 13.0. The van der Waals surface area contributed by atoms with E-state index in [2.05, 4.69) is 28.6 Å². The lowest BCUT2D eigenvalue weighted by Crippen LogP contribution is -2.56. The van der Waals surface area contributed by atoms with Gasteiger partial charge in [0.2, 0.25) is 23.6 Å². The van der Waals surface area contributed by atoms with Gasteiger partial charge < -0.3 is 31.5 Å². The SMILES string of the molecule is CCOC(=O)C(CS)NC(=O)C(C)N(C(=O)CNC(=O)C(C)NC(=O)C(N)Cc1ccc(O)cc1)c1ccccc1. The van der Waals surface area contributed by atoms with Crippen LogP contribution in [0.3, 0.4) is 0 Å². The smallest absolute Gasteiger partial charge is 0.329 e. The van der Waals surface area contributed by atoms with E-state index in [4.69, 9.17) is 10.5 Å². The Bertz CT molecular complexity index is 1200. The maximum atomic E-state index is 13.3. The zero-order chi connectivity index (χ0) is 30.5. The Morgan fingerprint density at radius 1 is 0.951 bits per heavy atom. The standard InChI is InChI=1S/C28H37N5O7S/c1-4-40-28(39)23(16-41)32-26(37)18(3)33(20-8-6-5-7-9-20)24(35)15-30-25(36)17(2)31-27(38)22(29)14-19-10-12-21(34)13-11-19/h5-13,17-18,22-23,34,41H,4,14-16,29H2,1-3H3,(H,30,36)(H,31,38)(H,32,37). The van der Waals surface area contributed by atoms with Crippen LogP contribution < -0.4 is 26.6 Å². The third kappa shape index (κ3) is 10.1. The molecule has 0 fully saturated rings. The van der Waals surface area contributed by atoms with Crippen LogP contribution >= 0.6 is 12.6 Å². The average molecular weight is 588 g/mol. The van der Waals surface area contributed by atoms with Gasteiger partial charge in [0, 0.05) is 11.4 Å².